The quantitative estimate of drug-likeness (QED) is 0.472. The van der Waals surface area contributed by atoms with Gasteiger partial charge in [0.05, 0.1) is 24.7 Å². The maximum atomic E-state index is 11.4. The van der Waals surface area contributed by atoms with Crippen molar-refractivity contribution >= 4 is 17.6 Å². The van der Waals surface area contributed by atoms with Gasteiger partial charge in [0.1, 0.15) is 6.04 Å². The molecule has 1 aromatic carbocycles. The van der Waals surface area contributed by atoms with Gasteiger partial charge in [0.15, 0.2) is 0 Å². The Morgan fingerprint density at radius 1 is 1.35 bits per heavy atom. The summed E-state index contributed by atoms with van der Waals surface area (Å²) >= 11 is 0. The van der Waals surface area contributed by atoms with Gasteiger partial charge in [0.2, 0.25) is 0 Å². The molecule has 0 radical (unpaired) electrons. The molecule has 0 fully saturated rings. The maximum absolute atomic E-state index is 11.4. The van der Waals surface area contributed by atoms with Crippen molar-refractivity contribution in [1.29, 1.82) is 0 Å². The first kappa shape index (κ1) is 15.6. The molecule has 0 aromatic heterocycles. The van der Waals surface area contributed by atoms with E-state index >= 15 is 0 Å². The number of nitro groups is 1. The minimum atomic E-state index is -1.05. The second-order valence-corrected chi connectivity index (χ2v) is 3.93. The Balaban J connectivity index is 3.15. The summed E-state index contributed by atoms with van der Waals surface area (Å²) < 4.78 is 8.99. The molecule has 0 aliphatic carbocycles. The number of hydrogen-bond donors (Lipinski definition) is 1. The highest BCUT2D eigenvalue weighted by Crippen LogP contribution is 2.22. The highest BCUT2D eigenvalue weighted by atomic mass is 16.6. The summed E-state index contributed by atoms with van der Waals surface area (Å²) in [4.78, 5) is 33.0. The fourth-order valence-corrected chi connectivity index (χ4v) is 1.64. The summed E-state index contributed by atoms with van der Waals surface area (Å²) in [5.41, 5.74) is 5.66. The minimum Gasteiger partial charge on any atom is -0.468 e. The number of methoxy groups -OCH3 is 2. The Labute approximate surface area is 114 Å². The Kier molecular flexibility index (Phi) is 5.15. The largest absolute Gasteiger partial charge is 0.468 e. The number of ether oxygens (including phenoxy) is 2. The molecule has 2 N–H and O–H groups in total. The summed E-state index contributed by atoms with van der Waals surface area (Å²) in [6.07, 6.45) is -0.117. The molecule has 0 aliphatic heterocycles. The van der Waals surface area contributed by atoms with Crippen molar-refractivity contribution < 1.29 is 24.0 Å². The Morgan fingerprint density at radius 2 is 2.00 bits per heavy atom. The van der Waals surface area contributed by atoms with Gasteiger partial charge in [-0.1, -0.05) is 0 Å². The van der Waals surface area contributed by atoms with E-state index in [1.807, 2.05) is 0 Å². The van der Waals surface area contributed by atoms with E-state index < -0.39 is 22.9 Å². The van der Waals surface area contributed by atoms with E-state index in [0.29, 0.717) is 0 Å². The third-order valence-corrected chi connectivity index (χ3v) is 2.64. The van der Waals surface area contributed by atoms with Crippen LogP contribution in [0.5, 0.6) is 0 Å². The molecule has 108 valence electrons. The van der Waals surface area contributed by atoms with Crippen LogP contribution < -0.4 is 5.73 Å². The summed E-state index contributed by atoms with van der Waals surface area (Å²) in [7, 11) is 2.37. The molecule has 20 heavy (non-hydrogen) atoms. The Bertz CT molecular complexity index is 543. The zero-order valence-electron chi connectivity index (χ0n) is 11.0. The van der Waals surface area contributed by atoms with Gasteiger partial charge >= 0.3 is 11.9 Å². The van der Waals surface area contributed by atoms with Crippen LogP contribution in [-0.2, 0) is 20.7 Å². The zero-order chi connectivity index (χ0) is 15.3. The highest BCUT2D eigenvalue weighted by molar-refractivity contribution is 5.90. The van der Waals surface area contributed by atoms with Gasteiger partial charge in [-0.15, -0.1) is 0 Å². The van der Waals surface area contributed by atoms with Crippen molar-refractivity contribution in [2.45, 2.75) is 12.5 Å². The van der Waals surface area contributed by atoms with Gasteiger partial charge < -0.3 is 15.2 Å². The summed E-state index contributed by atoms with van der Waals surface area (Å²) in [6.45, 7) is 0. The lowest BCUT2D eigenvalue weighted by atomic mass is 10.0. The molecule has 0 bridgehead atoms. The first-order chi connectivity index (χ1) is 9.40. The predicted molar refractivity (Wildman–Crippen MR) is 68.1 cm³/mol. The van der Waals surface area contributed by atoms with Gasteiger partial charge in [-0.2, -0.15) is 0 Å². The normalized spacial score (nSPS) is 11.6. The lowest BCUT2D eigenvalue weighted by Gasteiger charge is -2.10. The first-order valence-electron chi connectivity index (χ1n) is 5.59. The van der Waals surface area contributed by atoms with Crippen molar-refractivity contribution in [2.24, 2.45) is 5.73 Å². The molecule has 1 unspecified atom stereocenters. The molecule has 0 spiro atoms. The van der Waals surface area contributed by atoms with Crippen molar-refractivity contribution in [2.75, 3.05) is 14.2 Å². The SMILES string of the molecule is COC(=O)c1ccc([N+](=O)[O-])c(CC(N)C(=O)OC)c1. The summed E-state index contributed by atoms with van der Waals surface area (Å²) in [5.74, 6) is -1.32. The van der Waals surface area contributed by atoms with Gasteiger partial charge in [-0.05, 0) is 12.1 Å². The van der Waals surface area contributed by atoms with E-state index in [2.05, 4.69) is 9.47 Å². The van der Waals surface area contributed by atoms with Crippen molar-refractivity contribution in [3.8, 4) is 0 Å². The number of hydrogen-bond acceptors (Lipinski definition) is 7. The van der Waals surface area contributed by atoms with Gasteiger partial charge in [0.25, 0.3) is 5.69 Å². The molecule has 0 saturated heterocycles. The highest BCUT2D eigenvalue weighted by Gasteiger charge is 2.22. The van der Waals surface area contributed by atoms with Crippen LogP contribution in [0.15, 0.2) is 18.2 Å². The van der Waals surface area contributed by atoms with Crippen LogP contribution in [-0.4, -0.2) is 37.1 Å². The molecule has 0 amide bonds. The fourth-order valence-electron chi connectivity index (χ4n) is 1.64. The van der Waals surface area contributed by atoms with E-state index in [1.54, 1.807) is 0 Å². The number of esters is 2. The molecule has 1 aromatic rings. The Morgan fingerprint density at radius 3 is 2.50 bits per heavy atom. The third-order valence-electron chi connectivity index (χ3n) is 2.64. The second kappa shape index (κ2) is 6.62. The number of nitrogens with zero attached hydrogens (tertiary/aromatic N) is 1. The number of nitrogens with two attached hydrogens (primary N) is 1. The standard InChI is InChI=1S/C12H14N2O6/c1-19-11(15)7-3-4-10(14(17)18)8(5-7)6-9(13)12(16)20-2/h3-5,9H,6,13H2,1-2H3. The van der Waals surface area contributed by atoms with Crippen LogP contribution in [0.3, 0.4) is 0 Å². The van der Waals surface area contributed by atoms with Gasteiger partial charge in [-0.3, -0.25) is 14.9 Å². The maximum Gasteiger partial charge on any atom is 0.337 e. The van der Waals surface area contributed by atoms with Crippen LogP contribution in [0.1, 0.15) is 15.9 Å². The number of carbonyl (C=O) groups excluding carboxylic acids is 2. The third kappa shape index (κ3) is 3.51. The number of benzene rings is 1. The number of nitro benzene ring substituents is 1. The Hall–Kier alpha value is -2.48. The molecule has 8 nitrogen and oxygen atoms in total. The first-order valence-corrected chi connectivity index (χ1v) is 5.59. The van der Waals surface area contributed by atoms with Crippen molar-refractivity contribution in [1.82, 2.24) is 0 Å². The molecule has 8 heteroatoms. The average Bonchev–Trinajstić information content (AvgIpc) is 2.44. The molecule has 0 saturated carbocycles. The second-order valence-electron chi connectivity index (χ2n) is 3.93. The van der Waals surface area contributed by atoms with E-state index in [-0.39, 0.29) is 23.2 Å². The number of rotatable bonds is 5. The van der Waals surface area contributed by atoms with E-state index in [4.69, 9.17) is 5.73 Å². The van der Waals surface area contributed by atoms with Gasteiger partial charge in [-0.25, -0.2) is 4.79 Å². The molecule has 0 heterocycles. The van der Waals surface area contributed by atoms with E-state index in [0.717, 1.165) is 0 Å². The number of carbonyl (C=O) groups is 2. The predicted octanol–water partition coefficient (Wildman–Crippen LogP) is 0.424. The van der Waals surface area contributed by atoms with Crippen molar-refractivity contribution in [3.05, 3.63) is 39.4 Å². The monoisotopic (exact) mass is 282 g/mol. The van der Waals surface area contributed by atoms with Crippen LogP contribution >= 0.6 is 0 Å². The van der Waals surface area contributed by atoms with E-state index in [9.17, 15) is 19.7 Å². The minimum absolute atomic E-state index is 0.117. The molecule has 1 rings (SSSR count). The van der Waals surface area contributed by atoms with Crippen LogP contribution in [0.2, 0.25) is 0 Å². The van der Waals surface area contributed by atoms with Crippen LogP contribution in [0.25, 0.3) is 0 Å². The van der Waals surface area contributed by atoms with Crippen LogP contribution in [0, 0.1) is 10.1 Å². The molecule has 1 atom stereocenters. The lowest BCUT2D eigenvalue weighted by Crippen LogP contribution is -2.33. The fraction of sp³-hybridized carbons (Fsp3) is 0.333. The topological polar surface area (TPSA) is 122 Å². The van der Waals surface area contributed by atoms with E-state index in [1.165, 1.54) is 32.4 Å². The smallest absolute Gasteiger partial charge is 0.337 e. The molecule has 0 aliphatic rings. The van der Waals surface area contributed by atoms with Crippen LogP contribution in [0.4, 0.5) is 5.69 Å². The average molecular weight is 282 g/mol. The summed E-state index contributed by atoms with van der Waals surface area (Å²) in [5, 5.41) is 10.9. The lowest BCUT2D eigenvalue weighted by molar-refractivity contribution is -0.385. The van der Waals surface area contributed by atoms with Gasteiger partial charge in [0, 0.05) is 18.1 Å². The zero-order valence-corrected chi connectivity index (χ0v) is 11.0. The van der Waals surface area contributed by atoms with Crippen molar-refractivity contribution in [3.63, 3.8) is 0 Å². The molecular weight excluding hydrogens is 268 g/mol. The molecular formula is C12H14N2O6. The summed E-state index contributed by atoms with van der Waals surface area (Å²) in [6, 6.07) is 2.68.